The van der Waals surface area contributed by atoms with Crippen LogP contribution in [-0.4, -0.2) is 26.0 Å². The molecular formula is C12H13F2NO2. The minimum atomic E-state index is -2.98. The molecule has 0 atom stereocenters. The van der Waals surface area contributed by atoms with Gasteiger partial charge in [-0.25, -0.2) is 0 Å². The van der Waals surface area contributed by atoms with E-state index >= 15 is 0 Å². The number of fused-ring (bicyclic) bond motifs is 1. The molecule has 1 aliphatic rings. The summed E-state index contributed by atoms with van der Waals surface area (Å²) in [7, 11) is 1.47. The number of carbonyl (C=O) groups is 1. The Labute approximate surface area is 98.0 Å². The van der Waals surface area contributed by atoms with Crippen LogP contribution < -0.4 is 9.64 Å². The fourth-order valence-electron chi connectivity index (χ4n) is 2.12. The van der Waals surface area contributed by atoms with Gasteiger partial charge in [-0.05, 0) is 24.5 Å². The molecule has 0 spiro atoms. The summed E-state index contributed by atoms with van der Waals surface area (Å²) in [4.78, 5) is 12.6. The van der Waals surface area contributed by atoms with Crippen molar-refractivity contribution in [1.82, 2.24) is 0 Å². The highest BCUT2D eigenvalue weighted by Gasteiger charge is 2.30. The van der Waals surface area contributed by atoms with E-state index in [2.05, 4.69) is 0 Å². The van der Waals surface area contributed by atoms with Gasteiger partial charge in [-0.15, -0.1) is 0 Å². The van der Waals surface area contributed by atoms with E-state index in [9.17, 15) is 13.6 Å². The number of nitrogens with zero attached hydrogens (tertiary/aromatic N) is 1. The van der Waals surface area contributed by atoms with Crippen molar-refractivity contribution in [2.24, 2.45) is 0 Å². The van der Waals surface area contributed by atoms with Gasteiger partial charge in [-0.1, -0.05) is 12.1 Å². The number of aryl methyl sites for hydroxylation is 1. The first-order chi connectivity index (χ1) is 8.15. The summed E-state index contributed by atoms with van der Waals surface area (Å²) in [6.45, 7) is 0.316. The van der Waals surface area contributed by atoms with E-state index in [0.717, 1.165) is 16.9 Å². The maximum atomic E-state index is 12.5. The Bertz CT molecular complexity index is 420. The maximum absolute atomic E-state index is 12.5. The van der Waals surface area contributed by atoms with Crippen LogP contribution in [-0.2, 0) is 11.2 Å². The molecule has 0 saturated carbocycles. The van der Waals surface area contributed by atoms with Crippen LogP contribution >= 0.6 is 0 Å². The average molecular weight is 241 g/mol. The van der Waals surface area contributed by atoms with Gasteiger partial charge < -0.3 is 9.64 Å². The van der Waals surface area contributed by atoms with E-state index in [1.165, 1.54) is 7.11 Å². The van der Waals surface area contributed by atoms with Gasteiger partial charge in [0.15, 0.2) is 0 Å². The van der Waals surface area contributed by atoms with E-state index in [1.54, 1.807) is 12.1 Å². The molecular weight excluding hydrogens is 228 g/mol. The van der Waals surface area contributed by atoms with Crippen LogP contribution in [0.4, 0.5) is 14.5 Å². The van der Waals surface area contributed by atoms with Crippen molar-refractivity contribution in [2.75, 3.05) is 18.6 Å². The van der Waals surface area contributed by atoms with Crippen LogP contribution in [0.25, 0.3) is 0 Å². The minimum Gasteiger partial charge on any atom is -0.495 e. The lowest BCUT2D eigenvalue weighted by Gasteiger charge is -2.30. The maximum Gasteiger partial charge on any atom is 0.316 e. The third kappa shape index (κ3) is 2.09. The van der Waals surface area contributed by atoms with Crippen molar-refractivity contribution in [1.29, 1.82) is 0 Å². The SMILES string of the molecule is COc1cccc2c1N(C(=O)C(F)F)CCC2. The molecule has 1 aliphatic heterocycles. The smallest absolute Gasteiger partial charge is 0.316 e. The molecule has 1 heterocycles. The first-order valence-corrected chi connectivity index (χ1v) is 5.40. The van der Waals surface area contributed by atoms with Crippen LogP contribution in [0.15, 0.2) is 18.2 Å². The Balaban J connectivity index is 2.45. The first-order valence-electron chi connectivity index (χ1n) is 5.40. The molecule has 3 nitrogen and oxygen atoms in total. The van der Waals surface area contributed by atoms with E-state index in [-0.39, 0.29) is 0 Å². The number of alkyl halides is 2. The quantitative estimate of drug-likeness (QED) is 0.794. The second kappa shape index (κ2) is 4.69. The number of halogens is 2. The van der Waals surface area contributed by atoms with Crippen LogP contribution in [0.5, 0.6) is 5.75 Å². The third-order valence-electron chi connectivity index (χ3n) is 2.85. The molecule has 1 aromatic carbocycles. The normalized spacial score (nSPS) is 14.7. The number of para-hydroxylation sites is 1. The molecule has 0 bridgehead atoms. The number of carbonyl (C=O) groups excluding carboxylic acids is 1. The molecule has 2 rings (SSSR count). The number of amides is 1. The predicted octanol–water partition coefficient (Wildman–Crippen LogP) is 2.24. The zero-order valence-corrected chi connectivity index (χ0v) is 9.45. The number of rotatable bonds is 2. The number of hydrogen-bond donors (Lipinski definition) is 0. The average Bonchev–Trinajstić information content (AvgIpc) is 2.36. The van der Waals surface area contributed by atoms with Crippen LogP contribution in [0.3, 0.4) is 0 Å². The molecule has 1 aromatic rings. The predicted molar refractivity (Wildman–Crippen MR) is 59.7 cm³/mol. The Kier molecular flexibility index (Phi) is 3.26. The van der Waals surface area contributed by atoms with Crippen molar-refractivity contribution >= 4 is 11.6 Å². The van der Waals surface area contributed by atoms with Crippen LogP contribution in [0.2, 0.25) is 0 Å². The van der Waals surface area contributed by atoms with Crippen molar-refractivity contribution < 1.29 is 18.3 Å². The molecule has 92 valence electrons. The summed E-state index contributed by atoms with van der Waals surface area (Å²) < 4.78 is 30.2. The first kappa shape index (κ1) is 11.8. The van der Waals surface area contributed by atoms with E-state index < -0.39 is 12.3 Å². The molecule has 17 heavy (non-hydrogen) atoms. The fraction of sp³-hybridized carbons (Fsp3) is 0.417. The number of methoxy groups -OCH3 is 1. The fourth-order valence-corrected chi connectivity index (χ4v) is 2.12. The molecule has 0 unspecified atom stereocenters. The summed E-state index contributed by atoms with van der Waals surface area (Å²) in [5.41, 5.74) is 1.37. The van der Waals surface area contributed by atoms with Gasteiger partial charge in [0.05, 0.1) is 12.8 Å². The molecule has 0 saturated heterocycles. The molecule has 1 amide bonds. The van der Waals surface area contributed by atoms with Gasteiger partial charge >= 0.3 is 6.43 Å². The lowest BCUT2D eigenvalue weighted by molar-refractivity contribution is -0.129. The third-order valence-corrected chi connectivity index (χ3v) is 2.85. The number of ether oxygens (including phenoxy) is 1. The number of benzene rings is 1. The van der Waals surface area contributed by atoms with Crippen LogP contribution in [0.1, 0.15) is 12.0 Å². The van der Waals surface area contributed by atoms with Crippen molar-refractivity contribution in [2.45, 2.75) is 19.3 Å². The van der Waals surface area contributed by atoms with E-state index in [4.69, 9.17) is 4.74 Å². The Morgan fingerprint density at radius 1 is 1.47 bits per heavy atom. The summed E-state index contributed by atoms with van der Waals surface area (Å²) in [6, 6.07) is 5.31. The minimum absolute atomic E-state index is 0.316. The number of anilines is 1. The zero-order valence-electron chi connectivity index (χ0n) is 9.45. The van der Waals surface area contributed by atoms with Crippen molar-refractivity contribution in [3.8, 4) is 5.75 Å². The molecule has 0 fully saturated rings. The van der Waals surface area contributed by atoms with E-state index in [1.807, 2.05) is 6.07 Å². The highest BCUT2D eigenvalue weighted by atomic mass is 19.3. The molecule has 5 heteroatoms. The summed E-state index contributed by atoms with van der Waals surface area (Å²) in [5.74, 6) is -0.688. The number of hydrogen-bond acceptors (Lipinski definition) is 2. The molecule has 0 aromatic heterocycles. The Hall–Kier alpha value is -1.65. The van der Waals surface area contributed by atoms with Gasteiger partial charge in [0.1, 0.15) is 5.75 Å². The Morgan fingerprint density at radius 2 is 2.24 bits per heavy atom. The second-order valence-electron chi connectivity index (χ2n) is 3.86. The highest BCUT2D eigenvalue weighted by molar-refractivity contribution is 5.98. The lowest BCUT2D eigenvalue weighted by atomic mass is 10.0. The van der Waals surface area contributed by atoms with Crippen molar-refractivity contribution in [3.63, 3.8) is 0 Å². The van der Waals surface area contributed by atoms with Gasteiger partial charge in [-0.3, -0.25) is 4.79 Å². The Morgan fingerprint density at radius 3 is 2.88 bits per heavy atom. The topological polar surface area (TPSA) is 29.5 Å². The summed E-state index contributed by atoms with van der Waals surface area (Å²) in [5, 5.41) is 0. The zero-order chi connectivity index (χ0) is 12.4. The second-order valence-corrected chi connectivity index (χ2v) is 3.86. The standard InChI is InChI=1S/C12H13F2NO2/c1-17-9-6-2-4-8-5-3-7-15(10(8)9)12(16)11(13)14/h2,4,6,11H,3,5,7H2,1H3. The van der Waals surface area contributed by atoms with Crippen LogP contribution in [0, 0.1) is 0 Å². The summed E-state index contributed by atoms with van der Waals surface area (Å²) >= 11 is 0. The monoisotopic (exact) mass is 241 g/mol. The lowest BCUT2D eigenvalue weighted by Crippen LogP contribution is -2.39. The summed E-state index contributed by atoms with van der Waals surface area (Å²) in [6.07, 6.45) is -1.51. The largest absolute Gasteiger partial charge is 0.495 e. The van der Waals surface area contributed by atoms with Gasteiger partial charge in [0.2, 0.25) is 0 Å². The highest BCUT2D eigenvalue weighted by Crippen LogP contribution is 2.36. The van der Waals surface area contributed by atoms with Gasteiger partial charge in [-0.2, -0.15) is 8.78 Å². The van der Waals surface area contributed by atoms with E-state index in [0.29, 0.717) is 24.4 Å². The molecule has 0 aliphatic carbocycles. The van der Waals surface area contributed by atoms with Crippen molar-refractivity contribution in [3.05, 3.63) is 23.8 Å². The van der Waals surface area contributed by atoms with Gasteiger partial charge in [0, 0.05) is 6.54 Å². The molecule has 0 N–H and O–H groups in total. The van der Waals surface area contributed by atoms with Gasteiger partial charge in [0.25, 0.3) is 5.91 Å². The molecule has 0 radical (unpaired) electrons.